The number of aryl methyl sites for hydroxylation is 1. The van der Waals surface area contributed by atoms with Crippen LogP contribution in [0.1, 0.15) is 33.3 Å². The Morgan fingerprint density at radius 2 is 1.91 bits per heavy atom. The van der Waals surface area contributed by atoms with Crippen LogP contribution >= 0.6 is 0 Å². The number of nitrogens with zero attached hydrogens (tertiary/aromatic N) is 5. The van der Waals surface area contributed by atoms with Crippen molar-refractivity contribution in [3.05, 3.63) is 59.7 Å². The van der Waals surface area contributed by atoms with Gasteiger partial charge in [0.1, 0.15) is 11.2 Å². The zero-order valence-corrected chi connectivity index (χ0v) is 17.9. The molecule has 1 saturated heterocycles. The van der Waals surface area contributed by atoms with Crippen LogP contribution in [-0.4, -0.2) is 57.5 Å². The number of piperazine rings is 1. The predicted octanol–water partition coefficient (Wildman–Crippen LogP) is 2.45. The van der Waals surface area contributed by atoms with Crippen molar-refractivity contribution in [3.8, 4) is 0 Å². The molecule has 162 valence electrons. The van der Waals surface area contributed by atoms with Gasteiger partial charge in [-0.05, 0) is 38.1 Å². The van der Waals surface area contributed by atoms with Gasteiger partial charge in [0.05, 0.1) is 28.7 Å². The molecule has 0 radical (unpaired) electrons. The molecule has 0 unspecified atom stereocenters. The number of benzene rings is 1. The summed E-state index contributed by atoms with van der Waals surface area (Å²) in [5.41, 5.74) is 4.35. The number of imidazole rings is 1. The lowest BCUT2D eigenvalue weighted by molar-refractivity contribution is 0.101. The number of amides is 1. The van der Waals surface area contributed by atoms with Crippen LogP contribution in [0.4, 0.5) is 11.4 Å². The van der Waals surface area contributed by atoms with Crippen molar-refractivity contribution in [2.75, 3.05) is 36.4 Å². The molecule has 1 aliphatic heterocycles. The summed E-state index contributed by atoms with van der Waals surface area (Å²) < 4.78 is 1.76. The molecule has 5 rings (SSSR count). The molecule has 32 heavy (non-hydrogen) atoms. The Kier molecular flexibility index (Phi) is 5.02. The van der Waals surface area contributed by atoms with E-state index in [0.717, 1.165) is 42.9 Å². The number of carbonyl (C=O) groups excluding carboxylic acids is 2. The highest BCUT2D eigenvalue weighted by Gasteiger charge is 2.19. The molecule has 9 nitrogen and oxygen atoms in total. The first-order valence-corrected chi connectivity index (χ1v) is 10.5. The first kappa shape index (κ1) is 20.1. The summed E-state index contributed by atoms with van der Waals surface area (Å²) in [6, 6.07) is 7.30. The minimum absolute atomic E-state index is 0.117. The molecule has 1 amide bonds. The molecule has 1 fully saturated rings. The van der Waals surface area contributed by atoms with Gasteiger partial charge in [-0.3, -0.25) is 9.59 Å². The van der Waals surface area contributed by atoms with Gasteiger partial charge in [-0.2, -0.15) is 5.10 Å². The van der Waals surface area contributed by atoms with Gasteiger partial charge in [-0.15, -0.1) is 5.10 Å². The third kappa shape index (κ3) is 3.56. The fraction of sp³-hybridized carbons (Fsp3) is 0.261. The fourth-order valence-corrected chi connectivity index (χ4v) is 4.18. The molecular formula is C23H23N7O2. The van der Waals surface area contributed by atoms with Crippen molar-refractivity contribution in [2.24, 2.45) is 0 Å². The molecule has 0 atom stereocenters. The van der Waals surface area contributed by atoms with E-state index in [1.807, 2.05) is 25.3 Å². The van der Waals surface area contributed by atoms with E-state index < -0.39 is 0 Å². The van der Waals surface area contributed by atoms with Crippen LogP contribution in [0.3, 0.4) is 0 Å². The number of hydrogen-bond donors (Lipinski definition) is 2. The first-order chi connectivity index (χ1) is 15.5. The van der Waals surface area contributed by atoms with E-state index in [-0.39, 0.29) is 11.7 Å². The number of fused-ring (bicyclic) bond motifs is 2. The molecule has 4 heterocycles. The van der Waals surface area contributed by atoms with Crippen LogP contribution in [-0.2, 0) is 0 Å². The average molecular weight is 429 g/mol. The van der Waals surface area contributed by atoms with Crippen LogP contribution in [0, 0.1) is 6.92 Å². The Bertz CT molecular complexity index is 1360. The van der Waals surface area contributed by atoms with Crippen LogP contribution in [0.15, 0.2) is 42.9 Å². The Morgan fingerprint density at radius 1 is 1.09 bits per heavy atom. The summed E-state index contributed by atoms with van der Waals surface area (Å²) in [5.74, 6) is -0.429. The minimum atomic E-state index is -0.312. The molecule has 2 N–H and O–H groups in total. The van der Waals surface area contributed by atoms with Gasteiger partial charge in [0.2, 0.25) is 0 Å². The largest absolute Gasteiger partial charge is 0.368 e. The summed E-state index contributed by atoms with van der Waals surface area (Å²) in [6.07, 6.45) is 5.22. The topological polar surface area (TPSA) is 105 Å². The van der Waals surface area contributed by atoms with Gasteiger partial charge in [0, 0.05) is 49.6 Å². The highest BCUT2D eigenvalue weighted by Crippen LogP contribution is 2.29. The van der Waals surface area contributed by atoms with E-state index in [1.54, 1.807) is 28.9 Å². The molecule has 9 heteroatoms. The number of Topliss-reactive ketones (excluding diaryl/α,β-unsaturated/α-hetero) is 1. The monoisotopic (exact) mass is 429 g/mol. The van der Waals surface area contributed by atoms with E-state index in [1.165, 1.54) is 6.92 Å². The molecule has 3 aromatic heterocycles. The quantitative estimate of drug-likeness (QED) is 0.480. The number of ketones is 1. The predicted molar refractivity (Wildman–Crippen MR) is 123 cm³/mol. The Balaban J connectivity index is 1.53. The lowest BCUT2D eigenvalue weighted by Crippen LogP contribution is -2.43. The number of hydrogen-bond acceptors (Lipinski definition) is 7. The summed E-state index contributed by atoms with van der Waals surface area (Å²) in [5, 5.41) is 15.4. The second-order valence-electron chi connectivity index (χ2n) is 7.93. The maximum Gasteiger partial charge on any atom is 0.257 e. The third-order valence-electron chi connectivity index (χ3n) is 5.67. The number of nitrogens with one attached hydrogen (secondary N) is 2. The summed E-state index contributed by atoms with van der Waals surface area (Å²) >= 11 is 0. The van der Waals surface area contributed by atoms with Gasteiger partial charge in [0.25, 0.3) is 5.91 Å². The molecule has 0 saturated carbocycles. The highest BCUT2D eigenvalue weighted by molar-refractivity contribution is 6.14. The third-order valence-corrected chi connectivity index (χ3v) is 5.67. The summed E-state index contributed by atoms with van der Waals surface area (Å²) in [7, 11) is 0. The molecule has 0 aliphatic carbocycles. The number of carbonyl (C=O) groups is 2. The van der Waals surface area contributed by atoms with Crippen LogP contribution in [0.2, 0.25) is 0 Å². The Morgan fingerprint density at radius 3 is 2.69 bits per heavy atom. The summed E-state index contributed by atoms with van der Waals surface area (Å²) in [4.78, 5) is 32.1. The summed E-state index contributed by atoms with van der Waals surface area (Å²) in [6.45, 7) is 6.96. The highest BCUT2D eigenvalue weighted by atomic mass is 16.1. The Labute approximate surface area is 184 Å². The standard InChI is InChI=1S/C23H23N7O2/c1-14-12-30-13-16(11-19(15(2)31)22(30)26-14)27-23(32)18-3-4-20(29-9-7-24-8-10-29)17-5-6-25-28-21(17)18/h3-6,11-13,24H,7-10H2,1-2H3,(H,27,32). The van der Waals surface area contributed by atoms with Crippen molar-refractivity contribution >= 4 is 39.6 Å². The van der Waals surface area contributed by atoms with E-state index in [0.29, 0.717) is 28.0 Å². The molecule has 4 aromatic rings. The number of aromatic nitrogens is 4. The van der Waals surface area contributed by atoms with Crippen LogP contribution in [0.5, 0.6) is 0 Å². The zero-order chi connectivity index (χ0) is 22.2. The maximum atomic E-state index is 13.2. The zero-order valence-electron chi connectivity index (χ0n) is 17.9. The molecule has 1 aliphatic rings. The van der Waals surface area contributed by atoms with Gasteiger partial charge >= 0.3 is 0 Å². The minimum Gasteiger partial charge on any atom is -0.368 e. The molecule has 1 aromatic carbocycles. The van der Waals surface area contributed by atoms with E-state index in [2.05, 4.69) is 30.7 Å². The van der Waals surface area contributed by atoms with Crippen molar-refractivity contribution in [3.63, 3.8) is 0 Å². The normalized spacial score (nSPS) is 14.1. The second-order valence-corrected chi connectivity index (χ2v) is 7.93. The van der Waals surface area contributed by atoms with Gasteiger partial charge in [0.15, 0.2) is 5.78 Å². The lowest BCUT2D eigenvalue weighted by atomic mass is 10.1. The second kappa shape index (κ2) is 8.01. The van der Waals surface area contributed by atoms with Crippen LogP contribution in [0.25, 0.3) is 16.6 Å². The van der Waals surface area contributed by atoms with E-state index >= 15 is 0 Å². The fourth-order valence-electron chi connectivity index (χ4n) is 4.18. The SMILES string of the molecule is CC(=O)c1cc(NC(=O)c2ccc(N3CCNCC3)c3ccnnc23)cn2cc(C)nc12. The van der Waals surface area contributed by atoms with E-state index in [4.69, 9.17) is 0 Å². The number of pyridine rings is 1. The van der Waals surface area contributed by atoms with Crippen molar-refractivity contribution < 1.29 is 9.59 Å². The average Bonchev–Trinajstić information content (AvgIpc) is 3.18. The smallest absolute Gasteiger partial charge is 0.257 e. The van der Waals surface area contributed by atoms with Crippen molar-refractivity contribution in [1.82, 2.24) is 24.9 Å². The molecular weight excluding hydrogens is 406 g/mol. The van der Waals surface area contributed by atoms with Gasteiger partial charge in [-0.25, -0.2) is 4.98 Å². The molecule has 0 bridgehead atoms. The van der Waals surface area contributed by atoms with Gasteiger partial charge in [-0.1, -0.05) is 0 Å². The Hall–Kier alpha value is -3.85. The lowest BCUT2D eigenvalue weighted by Gasteiger charge is -2.30. The van der Waals surface area contributed by atoms with Crippen molar-refractivity contribution in [2.45, 2.75) is 13.8 Å². The maximum absolute atomic E-state index is 13.2. The van der Waals surface area contributed by atoms with Crippen molar-refractivity contribution in [1.29, 1.82) is 0 Å². The molecule has 0 spiro atoms. The number of anilines is 2. The number of rotatable bonds is 4. The van der Waals surface area contributed by atoms with E-state index in [9.17, 15) is 9.59 Å². The van der Waals surface area contributed by atoms with Gasteiger partial charge < -0.3 is 19.9 Å². The first-order valence-electron chi connectivity index (χ1n) is 10.5. The van der Waals surface area contributed by atoms with Crippen LogP contribution < -0.4 is 15.5 Å².